The molecule has 0 unspecified atom stereocenters. The maximum absolute atomic E-state index is 12.2. The Labute approximate surface area is 112 Å². The predicted octanol–water partition coefficient (Wildman–Crippen LogP) is 2.49. The Balaban J connectivity index is 2.12. The van der Waals surface area contributed by atoms with E-state index >= 15 is 0 Å². The molecule has 0 saturated heterocycles. The number of benzene rings is 1. The van der Waals surface area contributed by atoms with Crippen molar-refractivity contribution in [2.24, 2.45) is 0 Å². The molecule has 1 N–H and O–H groups in total. The molecule has 0 bridgehead atoms. The minimum absolute atomic E-state index is 0.138. The van der Waals surface area contributed by atoms with Crippen molar-refractivity contribution in [1.82, 2.24) is 15.5 Å². The molecule has 1 aromatic heterocycles. The van der Waals surface area contributed by atoms with Gasteiger partial charge in [-0.2, -0.15) is 4.98 Å². The average molecular weight is 259 g/mol. The minimum atomic E-state index is -0.311. The van der Waals surface area contributed by atoms with Gasteiger partial charge in [0.2, 0.25) is 5.89 Å². The number of amides is 1. The van der Waals surface area contributed by atoms with Crippen molar-refractivity contribution in [2.45, 2.75) is 33.7 Å². The minimum Gasteiger partial charge on any atom is -0.341 e. The summed E-state index contributed by atoms with van der Waals surface area (Å²) < 4.78 is 5.04. The topological polar surface area (TPSA) is 68.0 Å². The van der Waals surface area contributed by atoms with E-state index in [1.165, 1.54) is 0 Å². The number of hydrogen-bond donors (Lipinski definition) is 1. The summed E-state index contributed by atoms with van der Waals surface area (Å²) in [6.07, 6.45) is 0. The van der Waals surface area contributed by atoms with Crippen molar-refractivity contribution in [1.29, 1.82) is 0 Å². The molecule has 2 aromatic rings. The molecule has 0 fully saturated rings. The van der Waals surface area contributed by atoms with Crippen molar-refractivity contribution < 1.29 is 9.32 Å². The summed E-state index contributed by atoms with van der Waals surface area (Å²) in [6, 6.07) is 5.42. The van der Waals surface area contributed by atoms with Gasteiger partial charge in [0.1, 0.15) is 6.04 Å². The molecule has 0 aliphatic carbocycles. The molecule has 1 heterocycles. The second kappa shape index (κ2) is 5.22. The zero-order valence-electron chi connectivity index (χ0n) is 11.5. The first-order valence-corrected chi connectivity index (χ1v) is 6.15. The normalized spacial score (nSPS) is 12.2. The Hall–Kier alpha value is -2.17. The average Bonchev–Trinajstić information content (AvgIpc) is 2.75. The third kappa shape index (κ3) is 2.99. The molecule has 0 spiro atoms. The highest BCUT2D eigenvalue weighted by Gasteiger charge is 2.17. The Morgan fingerprint density at radius 3 is 2.63 bits per heavy atom. The third-order valence-electron chi connectivity index (χ3n) is 2.89. The second-order valence-electron chi connectivity index (χ2n) is 4.69. The van der Waals surface area contributed by atoms with E-state index < -0.39 is 0 Å². The van der Waals surface area contributed by atoms with Gasteiger partial charge in [-0.3, -0.25) is 4.79 Å². The molecule has 5 heteroatoms. The summed E-state index contributed by atoms with van der Waals surface area (Å²) in [6.45, 7) is 7.47. The number of hydrogen-bond acceptors (Lipinski definition) is 4. The van der Waals surface area contributed by atoms with Gasteiger partial charge in [-0.25, -0.2) is 0 Å². The van der Waals surface area contributed by atoms with Gasteiger partial charge in [0.25, 0.3) is 5.91 Å². The van der Waals surface area contributed by atoms with Crippen LogP contribution in [-0.4, -0.2) is 16.0 Å². The molecule has 19 heavy (non-hydrogen) atoms. The van der Waals surface area contributed by atoms with Gasteiger partial charge in [-0.1, -0.05) is 22.9 Å². The van der Waals surface area contributed by atoms with Crippen LogP contribution in [0.1, 0.15) is 46.2 Å². The standard InChI is InChI=1S/C14H17N3O2/c1-8-5-6-12(9(2)7-8)13(18)15-10(3)14-16-11(4)17-19-14/h5-7,10H,1-4H3,(H,15,18)/t10-/m0/s1. The fraction of sp³-hybridized carbons (Fsp3) is 0.357. The zero-order chi connectivity index (χ0) is 14.0. The number of aryl methyl sites for hydroxylation is 3. The molecule has 0 aliphatic rings. The molecular formula is C14H17N3O2. The molecular weight excluding hydrogens is 242 g/mol. The van der Waals surface area contributed by atoms with Crippen LogP contribution in [0.4, 0.5) is 0 Å². The van der Waals surface area contributed by atoms with E-state index in [1.54, 1.807) is 6.92 Å². The fourth-order valence-electron chi connectivity index (χ4n) is 1.89. The number of nitrogens with one attached hydrogen (secondary N) is 1. The molecule has 1 amide bonds. The van der Waals surface area contributed by atoms with Crippen molar-refractivity contribution in [3.63, 3.8) is 0 Å². The molecule has 0 saturated carbocycles. The summed E-state index contributed by atoms with van der Waals surface area (Å²) in [5.41, 5.74) is 2.75. The first kappa shape index (κ1) is 13.3. The molecule has 5 nitrogen and oxygen atoms in total. The van der Waals surface area contributed by atoms with Crippen LogP contribution < -0.4 is 5.32 Å². The summed E-state index contributed by atoms with van der Waals surface area (Å²) >= 11 is 0. The zero-order valence-corrected chi connectivity index (χ0v) is 11.5. The van der Waals surface area contributed by atoms with Crippen molar-refractivity contribution in [3.8, 4) is 0 Å². The van der Waals surface area contributed by atoms with Crippen molar-refractivity contribution in [2.75, 3.05) is 0 Å². The molecule has 100 valence electrons. The SMILES string of the molecule is Cc1ccc(C(=O)N[C@@H](C)c2nc(C)no2)c(C)c1. The van der Waals surface area contributed by atoms with Crippen molar-refractivity contribution >= 4 is 5.91 Å². The van der Waals surface area contributed by atoms with Gasteiger partial charge in [0, 0.05) is 5.56 Å². The fourth-order valence-corrected chi connectivity index (χ4v) is 1.89. The number of aromatic nitrogens is 2. The molecule has 0 aliphatic heterocycles. The number of carbonyl (C=O) groups excluding carboxylic acids is 1. The highest BCUT2D eigenvalue weighted by molar-refractivity contribution is 5.95. The Morgan fingerprint density at radius 1 is 1.32 bits per heavy atom. The summed E-state index contributed by atoms with van der Waals surface area (Å²) in [5, 5.41) is 6.56. The summed E-state index contributed by atoms with van der Waals surface area (Å²) in [5.74, 6) is 0.832. The highest BCUT2D eigenvalue weighted by Crippen LogP contribution is 2.14. The maximum atomic E-state index is 12.2. The lowest BCUT2D eigenvalue weighted by atomic mass is 10.0. The van der Waals surface area contributed by atoms with E-state index in [2.05, 4.69) is 15.5 Å². The largest absolute Gasteiger partial charge is 0.341 e. The number of nitrogens with zero attached hydrogens (tertiary/aromatic N) is 2. The van der Waals surface area contributed by atoms with Crippen LogP contribution in [0.5, 0.6) is 0 Å². The molecule has 2 rings (SSSR count). The van der Waals surface area contributed by atoms with E-state index in [0.29, 0.717) is 17.3 Å². The first-order chi connectivity index (χ1) is 8.97. The van der Waals surface area contributed by atoms with Gasteiger partial charge in [0.15, 0.2) is 5.82 Å². The Kier molecular flexibility index (Phi) is 3.64. The molecule has 1 aromatic carbocycles. The monoisotopic (exact) mass is 259 g/mol. The summed E-state index contributed by atoms with van der Waals surface area (Å²) in [4.78, 5) is 16.3. The third-order valence-corrected chi connectivity index (χ3v) is 2.89. The smallest absolute Gasteiger partial charge is 0.252 e. The summed E-state index contributed by atoms with van der Waals surface area (Å²) in [7, 11) is 0. The van der Waals surface area contributed by atoms with E-state index in [9.17, 15) is 4.79 Å². The highest BCUT2D eigenvalue weighted by atomic mass is 16.5. The van der Waals surface area contributed by atoms with Crippen LogP contribution in [0.3, 0.4) is 0 Å². The second-order valence-corrected chi connectivity index (χ2v) is 4.69. The Morgan fingerprint density at radius 2 is 2.05 bits per heavy atom. The van der Waals surface area contributed by atoms with Crippen LogP contribution in [0.25, 0.3) is 0 Å². The van der Waals surface area contributed by atoms with Gasteiger partial charge < -0.3 is 9.84 Å². The maximum Gasteiger partial charge on any atom is 0.252 e. The van der Waals surface area contributed by atoms with Gasteiger partial charge in [-0.05, 0) is 39.3 Å². The van der Waals surface area contributed by atoms with Gasteiger partial charge in [0.05, 0.1) is 0 Å². The van der Waals surface area contributed by atoms with Crippen LogP contribution in [-0.2, 0) is 0 Å². The van der Waals surface area contributed by atoms with E-state index in [4.69, 9.17) is 4.52 Å². The lowest BCUT2D eigenvalue weighted by molar-refractivity contribution is 0.0932. The van der Waals surface area contributed by atoms with E-state index in [1.807, 2.05) is 39.0 Å². The first-order valence-electron chi connectivity index (χ1n) is 6.15. The van der Waals surface area contributed by atoms with Crippen LogP contribution >= 0.6 is 0 Å². The predicted molar refractivity (Wildman–Crippen MR) is 70.8 cm³/mol. The quantitative estimate of drug-likeness (QED) is 0.919. The molecule has 0 radical (unpaired) electrons. The molecule has 1 atom stereocenters. The van der Waals surface area contributed by atoms with E-state index in [0.717, 1.165) is 11.1 Å². The lowest BCUT2D eigenvalue weighted by Crippen LogP contribution is -2.27. The lowest BCUT2D eigenvalue weighted by Gasteiger charge is -2.11. The number of rotatable bonds is 3. The van der Waals surface area contributed by atoms with Crippen LogP contribution in [0.15, 0.2) is 22.7 Å². The van der Waals surface area contributed by atoms with E-state index in [-0.39, 0.29) is 11.9 Å². The van der Waals surface area contributed by atoms with Crippen molar-refractivity contribution in [3.05, 3.63) is 46.6 Å². The van der Waals surface area contributed by atoms with Gasteiger partial charge >= 0.3 is 0 Å². The Bertz CT molecular complexity index is 604. The van der Waals surface area contributed by atoms with Crippen LogP contribution in [0, 0.1) is 20.8 Å². The number of carbonyl (C=O) groups is 1. The van der Waals surface area contributed by atoms with Crippen LogP contribution in [0.2, 0.25) is 0 Å². The van der Waals surface area contributed by atoms with Gasteiger partial charge in [-0.15, -0.1) is 0 Å².